The first-order valence-electron chi connectivity index (χ1n) is 6.05. The minimum absolute atomic E-state index is 0.364. The Hall–Kier alpha value is -1.02. The van der Waals surface area contributed by atoms with Crippen molar-refractivity contribution in [3.05, 3.63) is 29.3 Å². The third-order valence-electron chi connectivity index (χ3n) is 3.61. The summed E-state index contributed by atoms with van der Waals surface area (Å²) in [5.74, 6) is 1.26. The van der Waals surface area contributed by atoms with Crippen LogP contribution in [0.15, 0.2) is 18.2 Å². The summed E-state index contributed by atoms with van der Waals surface area (Å²) in [6.45, 7) is 2.02. The van der Waals surface area contributed by atoms with E-state index in [0.717, 1.165) is 29.7 Å². The maximum absolute atomic E-state index is 10.4. The second-order valence-electron chi connectivity index (χ2n) is 4.69. The molecule has 0 bridgehead atoms. The highest BCUT2D eigenvalue weighted by Gasteiger charge is 2.26. The summed E-state index contributed by atoms with van der Waals surface area (Å²) in [5, 5.41) is 10.4. The number of aryl methyl sites for hydroxylation is 1. The maximum Gasteiger partial charge on any atom is 0.127 e. The second-order valence-corrected chi connectivity index (χ2v) is 4.69. The first kappa shape index (κ1) is 11.5. The van der Waals surface area contributed by atoms with Crippen molar-refractivity contribution < 1.29 is 9.84 Å². The first-order valence-corrected chi connectivity index (χ1v) is 6.05. The molecule has 88 valence electrons. The molecule has 1 aromatic rings. The molecular formula is C14H20O2. The quantitative estimate of drug-likeness (QED) is 0.847. The molecule has 16 heavy (non-hydrogen) atoms. The Balaban J connectivity index is 2.27. The predicted molar refractivity (Wildman–Crippen MR) is 64.6 cm³/mol. The van der Waals surface area contributed by atoms with Gasteiger partial charge in [-0.3, -0.25) is 0 Å². The molecule has 1 fully saturated rings. The lowest BCUT2D eigenvalue weighted by Crippen LogP contribution is -2.10. The number of para-hydroxylation sites is 1. The van der Waals surface area contributed by atoms with Crippen LogP contribution < -0.4 is 4.74 Å². The normalized spacial score (nSPS) is 18.7. The van der Waals surface area contributed by atoms with E-state index in [-0.39, 0.29) is 6.10 Å². The lowest BCUT2D eigenvalue weighted by Gasteiger charge is -2.21. The van der Waals surface area contributed by atoms with Crippen molar-refractivity contribution in [2.24, 2.45) is 5.92 Å². The van der Waals surface area contributed by atoms with Gasteiger partial charge in [0.1, 0.15) is 5.75 Å². The van der Waals surface area contributed by atoms with Gasteiger partial charge >= 0.3 is 0 Å². The van der Waals surface area contributed by atoms with Crippen LogP contribution in [0.3, 0.4) is 0 Å². The number of methoxy groups -OCH3 is 1. The summed E-state index contributed by atoms with van der Waals surface area (Å²) >= 11 is 0. The predicted octanol–water partition coefficient (Wildman–Crippen LogP) is 3.23. The SMILES string of the molecule is COc1c(C)cccc1C(O)C1CCCC1. The van der Waals surface area contributed by atoms with Gasteiger partial charge in [0.15, 0.2) is 0 Å². The second kappa shape index (κ2) is 4.88. The molecule has 0 radical (unpaired) electrons. The molecule has 1 N–H and O–H groups in total. The van der Waals surface area contributed by atoms with E-state index in [1.807, 2.05) is 25.1 Å². The van der Waals surface area contributed by atoms with Crippen molar-refractivity contribution in [3.63, 3.8) is 0 Å². The molecule has 0 amide bonds. The zero-order valence-corrected chi connectivity index (χ0v) is 10.1. The van der Waals surface area contributed by atoms with E-state index in [9.17, 15) is 5.11 Å². The number of aliphatic hydroxyl groups excluding tert-OH is 1. The molecule has 0 spiro atoms. The Bertz CT molecular complexity index is 354. The summed E-state index contributed by atoms with van der Waals surface area (Å²) in [4.78, 5) is 0. The largest absolute Gasteiger partial charge is 0.496 e. The molecule has 0 saturated heterocycles. The van der Waals surface area contributed by atoms with E-state index in [1.165, 1.54) is 12.8 Å². The summed E-state index contributed by atoms with van der Waals surface area (Å²) in [5.41, 5.74) is 2.05. The lowest BCUT2D eigenvalue weighted by molar-refractivity contribution is 0.108. The van der Waals surface area contributed by atoms with Crippen LogP contribution in [0, 0.1) is 12.8 Å². The minimum Gasteiger partial charge on any atom is -0.496 e. The Kier molecular flexibility index (Phi) is 3.49. The molecule has 1 saturated carbocycles. The van der Waals surface area contributed by atoms with Crippen LogP contribution in [-0.4, -0.2) is 12.2 Å². The molecule has 1 aromatic carbocycles. The van der Waals surface area contributed by atoms with Crippen molar-refractivity contribution in [2.75, 3.05) is 7.11 Å². The Labute approximate surface area is 97.3 Å². The van der Waals surface area contributed by atoms with E-state index >= 15 is 0 Å². The van der Waals surface area contributed by atoms with Crippen LogP contribution in [0.1, 0.15) is 42.9 Å². The van der Waals surface area contributed by atoms with E-state index in [4.69, 9.17) is 4.74 Å². The number of benzene rings is 1. The van der Waals surface area contributed by atoms with Crippen molar-refractivity contribution in [1.82, 2.24) is 0 Å². The average Bonchev–Trinajstić information content (AvgIpc) is 2.81. The minimum atomic E-state index is -0.364. The number of rotatable bonds is 3. The molecule has 1 aliphatic rings. The molecule has 1 unspecified atom stereocenters. The van der Waals surface area contributed by atoms with Gasteiger partial charge in [-0.2, -0.15) is 0 Å². The highest BCUT2D eigenvalue weighted by Crippen LogP contribution is 2.39. The van der Waals surface area contributed by atoms with Crippen molar-refractivity contribution in [2.45, 2.75) is 38.7 Å². The van der Waals surface area contributed by atoms with Gasteiger partial charge in [-0.25, -0.2) is 0 Å². The molecular weight excluding hydrogens is 200 g/mol. The van der Waals surface area contributed by atoms with Crippen molar-refractivity contribution in [1.29, 1.82) is 0 Å². The zero-order chi connectivity index (χ0) is 11.5. The summed E-state index contributed by atoms with van der Waals surface area (Å²) in [6, 6.07) is 5.99. The number of aliphatic hydroxyl groups is 1. The standard InChI is InChI=1S/C14H20O2/c1-10-6-5-9-12(14(10)16-2)13(15)11-7-3-4-8-11/h5-6,9,11,13,15H,3-4,7-8H2,1-2H3. The maximum atomic E-state index is 10.4. The van der Waals surface area contributed by atoms with E-state index < -0.39 is 0 Å². The number of hydrogen-bond donors (Lipinski definition) is 1. The molecule has 2 heteroatoms. The van der Waals surface area contributed by atoms with Gasteiger partial charge in [0, 0.05) is 5.56 Å². The Morgan fingerprint density at radius 1 is 1.31 bits per heavy atom. The third-order valence-corrected chi connectivity index (χ3v) is 3.61. The Morgan fingerprint density at radius 2 is 2.00 bits per heavy atom. The molecule has 2 rings (SSSR count). The van der Waals surface area contributed by atoms with Crippen LogP contribution in [-0.2, 0) is 0 Å². The summed E-state index contributed by atoms with van der Waals surface area (Å²) in [7, 11) is 1.67. The van der Waals surface area contributed by atoms with Crippen molar-refractivity contribution in [3.8, 4) is 5.75 Å². The van der Waals surface area contributed by atoms with Crippen molar-refractivity contribution >= 4 is 0 Å². The van der Waals surface area contributed by atoms with Gasteiger partial charge in [-0.1, -0.05) is 31.0 Å². The summed E-state index contributed by atoms with van der Waals surface area (Å²) < 4.78 is 5.40. The van der Waals surface area contributed by atoms with Gasteiger partial charge < -0.3 is 9.84 Å². The monoisotopic (exact) mass is 220 g/mol. The summed E-state index contributed by atoms with van der Waals surface area (Å²) in [6.07, 6.45) is 4.40. The van der Waals surface area contributed by atoms with E-state index in [2.05, 4.69) is 0 Å². The topological polar surface area (TPSA) is 29.5 Å². The van der Waals surface area contributed by atoms with Gasteiger partial charge in [-0.05, 0) is 31.2 Å². The molecule has 0 aliphatic heterocycles. The van der Waals surface area contributed by atoms with Crippen LogP contribution >= 0.6 is 0 Å². The van der Waals surface area contributed by atoms with Crippen LogP contribution in [0.5, 0.6) is 5.75 Å². The number of hydrogen-bond acceptors (Lipinski definition) is 2. The third kappa shape index (κ3) is 2.07. The van der Waals surface area contributed by atoms with E-state index in [1.54, 1.807) is 7.11 Å². The molecule has 0 heterocycles. The molecule has 0 aromatic heterocycles. The zero-order valence-electron chi connectivity index (χ0n) is 10.1. The fraction of sp³-hybridized carbons (Fsp3) is 0.571. The molecule has 2 nitrogen and oxygen atoms in total. The lowest BCUT2D eigenvalue weighted by atomic mass is 9.93. The highest BCUT2D eigenvalue weighted by molar-refractivity contribution is 5.42. The fourth-order valence-electron chi connectivity index (χ4n) is 2.71. The average molecular weight is 220 g/mol. The van der Waals surface area contributed by atoms with Crippen LogP contribution in [0.25, 0.3) is 0 Å². The van der Waals surface area contributed by atoms with Gasteiger partial charge in [-0.15, -0.1) is 0 Å². The van der Waals surface area contributed by atoms with Crippen LogP contribution in [0.2, 0.25) is 0 Å². The highest BCUT2D eigenvalue weighted by atomic mass is 16.5. The van der Waals surface area contributed by atoms with Crippen LogP contribution in [0.4, 0.5) is 0 Å². The fourth-order valence-corrected chi connectivity index (χ4v) is 2.71. The molecule has 1 atom stereocenters. The number of ether oxygens (including phenoxy) is 1. The van der Waals surface area contributed by atoms with Gasteiger partial charge in [0.05, 0.1) is 13.2 Å². The Morgan fingerprint density at radius 3 is 2.62 bits per heavy atom. The molecule has 1 aliphatic carbocycles. The smallest absolute Gasteiger partial charge is 0.127 e. The van der Waals surface area contributed by atoms with Gasteiger partial charge in [0.25, 0.3) is 0 Å². The van der Waals surface area contributed by atoms with E-state index in [0.29, 0.717) is 5.92 Å². The van der Waals surface area contributed by atoms with Gasteiger partial charge in [0.2, 0.25) is 0 Å². The first-order chi connectivity index (χ1) is 7.74.